The molecule has 2 atom stereocenters. The second-order valence-electron chi connectivity index (χ2n) is 5.01. The molecule has 0 aromatic carbocycles. The predicted molar refractivity (Wildman–Crippen MR) is 64.4 cm³/mol. The number of carbonyl (C=O) groups is 1. The van der Waals surface area contributed by atoms with Crippen LogP contribution in [-0.4, -0.2) is 42.0 Å². The monoisotopic (exact) mass is 231 g/mol. The third-order valence-electron chi connectivity index (χ3n) is 3.85. The van der Waals surface area contributed by atoms with Crippen LogP contribution in [-0.2, 0) is 11.2 Å². The Hall–Kier alpha value is -1.42. The van der Waals surface area contributed by atoms with Crippen LogP contribution in [0.3, 0.4) is 0 Å². The van der Waals surface area contributed by atoms with Gasteiger partial charge in [-0.2, -0.15) is 0 Å². The van der Waals surface area contributed by atoms with Crippen LogP contribution in [0.2, 0.25) is 0 Å². The molecule has 0 radical (unpaired) electrons. The molecule has 3 heterocycles. The first-order valence-corrected chi connectivity index (χ1v) is 6.20. The zero-order valence-corrected chi connectivity index (χ0v) is 9.80. The molecular formula is C13H17N3O. The molecule has 1 aromatic heterocycles. The molecule has 0 aliphatic carbocycles. The third kappa shape index (κ3) is 2.17. The normalized spacial score (nSPS) is 27.2. The van der Waals surface area contributed by atoms with E-state index in [0.717, 1.165) is 31.7 Å². The summed E-state index contributed by atoms with van der Waals surface area (Å²) in [5, 5.41) is 3.39. The van der Waals surface area contributed by atoms with Gasteiger partial charge in [0.25, 0.3) is 0 Å². The van der Waals surface area contributed by atoms with Crippen LogP contribution in [0.5, 0.6) is 0 Å². The summed E-state index contributed by atoms with van der Waals surface area (Å²) in [5.74, 6) is 1.61. The molecule has 4 nitrogen and oxygen atoms in total. The number of pyridine rings is 1. The Labute approximate surface area is 101 Å². The van der Waals surface area contributed by atoms with E-state index in [0.29, 0.717) is 18.3 Å². The van der Waals surface area contributed by atoms with Crippen molar-refractivity contribution in [1.82, 2.24) is 15.2 Å². The highest BCUT2D eigenvalue weighted by Gasteiger charge is 2.37. The molecule has 1 aromatic rings. The molecule has 2 fully saturated rings. The molecule has 17 heavy (non-hydrogen) atoms. The maximum absolute atomic E-state index is 12.1. The smallest absolute Gasteiger partial charge is 0.227 e. The second kappa shape index (κ2) is 4.45. The Morgan fingerprint density at radius 3 is 2.59 bits per heavy atom. The standard InChI is InChI=1S/C13H17N3O/c17-13(5-10-1-3-14-4-2-10)16-8-11-6-15-7-12(11)9-16/h1-4,11-12,15H,5-9H2/t11-,12+. The van der Waals surface area contributed by atoms with Crippen molar-refractivity contribution >= 4 is 5.91 Å². The van der Waals surface area contributed by atoms with Crippen LogP contribution < -0.4 is 5.32 Å². The first kappa shape index (κ1) is 10.7. The molecule has 0 saturated carbocycles. The van der Waals surface area contributed by atoms with Crippen LogP contribution in [0, 0.1) is 11.8 Å². The summed E-state index contributed by atoms with van der Waals surface area (Å²) in [6.45, 7) is 4.01. The number of amides is 1. The van der Waals surface area contributed by atoms with Crippen molar-refractivity contribution in [3.63, 3.8) is 0 Å². The SMILES string of the molecule is O=C(Cc1ccncc1)N1C[C@H]2CNC[C@H]2C1. The fraction of sp³-hybridized carbons (Fsp3) is 0.538. The lowest BCUT2D eigenvalue weighted by molar-refractivity contribution is -0.129. The van der Waals surface area contributed by atoms with Gasteiger partial charge in [-0.25, -0.2) is 0 Å². The van der Waals surface area contributed by atoms with Crippen LogP contribution >= 0.6 is 0 Å². The van der Waals surface area contributed by atoms with E-state index in [1.54, 1.807) is 12.4 Å². The highest BCUT2D eigenvalue weighted by Crippen LogP contribution is 2.26. The maximum atomic E-state index is 12.1. The average Bonchev–Trinajstić information content (AvgIpc) is 2.90. The van der Waals surface area contributed by atoms with E-state index in [4.69, 9.17) is 0 Å². The molecule has 0 bridgehead atoms. The van der Waals surface area contributed by atoms with Crippen LogP contribution in [0.1, 0.15) is 5.56 Å². The van der Waals surface area contributed by atoms with Crippen molar-refractivity contribution in [2.45, 2.75) is 6.42 Å². The minimum absolute atomic E-state index is 0.255. The Bertz CT molecular complexity index is 394. The van der Waals surface area contributed by atoms with Crippen molar-refractivity contribution in [3.8, 4) is 0 Å². The van der Waals surface area contributed by atoms with Crippen molar-refractivity contribution < 1.29 is 4.79 Å². The van der Waals surface area contributed by atoms with Crippen LogP contribution in [0.15, 0.2) is 24.5 Å². The van der Waals surface area contributed by atoms with Crippen molar-refractivity contribution in [2.75, 3.05) is 26.2 Å². The van der Waals surface area contributed by atoms with E-state index >= 15 is 0 Å². The van der Waals surface area contributed by atoms with Gasteiger partial charge < -0.3 is 10.2 Å². The molecule has 4 heteroatoms. The molecular weight excluding hydrogens is 214 g/mol. The Kier molecular flexibility index (Phi) is 2.81. The lowest BCUT2D eigenvalue weighted by atomic mass is 10.0. The van der Waals surface area contributed by atoms with Gasteiger partial charge in [0.15, 0.2) is 0 Å². The first-order valence-electron chi connectivity index (χ1n) is 6.20. The minimum atomic E-state index is 0.255. The van der Waals surface area contributed by atoms with Gasteiger partial charge in [0, 0.05) is 38.6 Å². The lowest BCUT2D eigenvalue weighted by Gasteiger charge is -2.17. The number of hydrogen-bond donors (Lipinski definition) is 1. The molecule has 0 spiro atoms. The quantitative estimate of drug-likeness (QED) is 0.796. The lowest BCUT2D eigenvalue weighted by Crippen LogP contribution is -2.32. The second-order valence-corrected chi connectivity index (χ2v) is 5.01. The summed E-state index contributed by atoms with van der Waals surface area (Å²) >= 11 is 0. The molecule has 90 valence electrons. The number of carbonyl (C=O) groups excluding carboxylic acids is 1. The number of rotatable bonds is 2. The van der Waals surface area contributed by atoms with E-state index in [2.05, 4.69) is 10.3 Å². The van der Waals surface area contributed by atoms with Crippen LogP contribution in [0.25, 0.3) is 0 Å². The number of nitrogens with one attached hydrogen (secondary N) is 1. The van der Waals surface area contributed by atoms with E-state index in [9.17, 15) is 4.79 Å². The molecule has 2 saturated heterocycles. The molecule has 1 N–H and O–H groups in total. The van der Waals surface area contributed by atoms with Crippen molar-refractivity contribution in [2.24, 2.45) is 11.8 Å². The number of nitrogens with zero attached hydrogens (tertiary/aromatic N) is 2. The molecule has 0 unspecified atom stereocenters. The van der Waals surface area contributed by atoms with Gasteiger partial charge in [0.2, 0.25) is 5.91 Å². The third-order valence-corrected chi connectivity index (χ3v) is 3.85. The van der Waals surface area contributed by atoms with Gasteiger partial charge in [-0.15, -0.1) is 0 Å². The summed E-state index contributed by atoms with van der Waals surface area (Å²) in [5.41, 5.74) is 1.06. The molecule has 3 rings (SSSR count). The van der Waals surface area contributed by atoms with E-state index < -0.39 is 0 Å². The topological polar surface area (TPSA) is 45.2 Å². The Balaban J connectivity index is 1.61. The number of fused-ring (bicyclic) bond motifs is 1. The number of aromatic nitrogens is 1. The average molecular weight is 231 g/mol. The van der Waals surface area contributed by atoms with Gasteiger partial charge in [-0.05, 0) is 29.5 Å². The van der Waals surface area contributed by atoms with E-state index in [1.165, 1.54) is 0 Å². The van der Waals surface area contributed by atoms with Crippen LogP contribution in [0.4, 0.5) is 0 Å². The zero-order chi connectivity index (χ0) is 11.7. The molecule has 2 aliphatic heterocycles. The summed E-state index contributed by atoms with van der Waals surface area (Å²) < 4.78 is 0. The Morgan fingerprint density at radius 1 is 1.29 bits per heavy atom. The summed E-state index contributed by atoms with van der Waals surface area (Å²) in [4.78, 5) is 18.1. The summed E-state index contributed by atoms with van der Waals surface area (Å²) in [6.07, 6.45) is 3.99. The van der Waals surface area contributed by atoms with Crippen molar-refractivity contribution in [1.29, 1.82) is 0 Å². The molecule has 2 aliphatic rings. The van der Waals surface area contributed by atoms with Crippen molar-refractivity contribution in [3.05, 3.63) is 30.1 Å². The fourth-order valence-corrected chi connectivity index (χ4v) is 2.85. The van der Waals surface area contributed by atoms with E-state index in [-0.39, 0.29) is 5.91 Å². The first-order chi connectivity index (χ1) is 8.33. The summed E-state index contributed by atoms with van der Waals surface area (Å²) in [6, 6.07) is 3.83. The number of hydrogen-bond acceptors (Lipinski definition) is 3. The fourth-order valence-electron chi connectivity index (χ4n) is 2.85. The maximum Gasteiger partial charge on any atom is 0.227 e. The van der Waals surface area contributed by atoms with Gasteiger partial charge in [-0.3, -0.25) is 9.78 Å². The summed E-state index contributed by atoms with van der Waals surface area (Å²) in [7, 11) is 0. The van der Waals surface area contributed by atoms with Gasteiger partial charge in [0.1, 0.15) is 0 Å². The highest BCUT2D eigenvalue weighted by atomic mass is 16.2. The number of likely N-dealkylation sites (tertiary alicyclic amines) is 1. The minimum Gasteiger partial charge on any atom is -0.342 e. The highest BCUT2D eigenvalue weighted by molar-refractivity contribution is 5.79. The van der Waals surface area contributed by atoms with Gasteiger partial charge in [0.05, 0.1) is 6.42 Å². The van der Waals surface area contributed by atoms with Gasteiger partial charge >= 0.3 is 0 Å². The Morgan fingerprint density at radius 2 is 1.94 bits per heavy atom. The predicted octanol–water partition coefficient (Wildman–Crippen LogP) is 0.302. The van der Waals surface area contributed by atoms with Gasteiger partial charge in [-0.1, -0.05) is 0 Å². The largest absolute Gasteiger partial charge is 0.342 e. The molecule has 1 amide bonds. The van der Waals surface area contributed by atoms with E-state index in [1.807, 2.05) is 17.0 Å². The zero-order valence-electron chi connectivity index (χ0n) is 9.80.